The van der Waals surface area contributed by atoms with Gasteiger partial charge in [0.05, 0.1) is 12.5 Å². The maximum atomic E-state index is 12.4. The van der Waals surface area contributed by atoms with Crippen molar-refractivity contribution in [3.63, 3.8) is 0 Å². The summed E-state index contributed by atoms with van der Waals surface area (Å²) >= 11 is 0. The van der Waals surface area contributed by atoms with Crippen molar-refractivity contribution < 1.29 is 9.21 Å². The lowest BCUT2D eigenvalue weighted by atomic mass is 9.47. The second-order valence-electron chi connectivity index (χ2n) is 8.36. The van der Waals surface area contributed by atoms with E-state index in [1.807, 2.05) is 12.3 Å². The van der Waals surface area contributed by atoms with E-state index < -0.39 is 0 Å². The maximum Gasteiger partial charge on any atom is 0.134 e. The Labute approximate surface area is 134 Å². The van der Waals surface area contributed by atoms with Gasteiger partial charge in [-0.3, -0.25) is 4.79 Å². The number of ketones is 1. The average Bonchev–Trinajstić information content (AvgIpc) is 2.88. The predicted molar refractivity (Wildman–Crippen MR) is 88.5 cm³/mol. The summed E-state index contributed by atoms with van der Waals surface area (Å²) in [6.07, 6.45) is 9.45. The van der Waals surface area contributed by atoms with Crippen molar-refractivity contribution in [3.05, 3.63) is 36.3 Å². The van der Waals surface area contributed by atoms with Crippen molar-refractivity contribution in [2.45, 2.75) is 59.3 Å². The second kappa shape index (κ2) is 5.40. The van der Waals surface area contributed by atoms with Crippen molar-refractivity contribution in [1.29, 1.82) is 0 Å². The summed E-state index contributed by atoms with van der Waals surface area (Å²) in [6.45, 7) is 11.3. The maximum absolute atomic E-state index is 12.4. The highest BCUT2D eigenvalue weighted by molar-refractivity contribution is 5.81. The first-order valence-corrected chi connectivity index (χ1v) is 8.53. The van der Waals surface area contributed by atoms with Gasteiger partial charge >= 0.3 is 0 Å². The van der Waals surface area contributed by atoms with Gasteiger partial charge in [0.15, 0.2) is 0 Å². The van der Waals surface area contributed by atoms with E-state index in [9.17, 15) is 4.79 Å². The third kappa shape index (κ3) is 2.57. The SMILES string of the molecule is C=C1CCC2C(C)(C)CC(=O)CC2(C)C1CCc1ccoc1. The van der Waals surface area contributed by atoms with Crippen molar-refractivity contribution >= 4 is 5.78 Å². The molecular formula is C20H28O2. The molecule has 2 nitrogen and oxygen atoms in total. The first kappa shape index (κ1) is 15.6. The minimum atomic E-state index is 0.0813. The summed E-state index contributed by atoms with van der Waals surface area (Å²) in [4.78, 5) is 12.4. The number of hydrogen-bond acceptors (Lipinski definition) is 2. The fourth-order valence-corrected chi connectivity index (χ4v) is 5.47. The number of aryl methyl sites for hydroxylation is 1. The molecule has 0 aliphatic heterocycles. The highest BCUT2D eigenvalue weighted by Gasteiger charge is 2.54. The molecule has 0 amide bonds. The molecule has 3 atom stereocenters. The van der Waals surface area contributed by atoms with Gasteiger partial charge in [-0.05, 0) is 60.0 Å². The van der Waals surface area contributed by atoms with E-state index in [0.29, 0.717) is 17.6 Å². The lowest BCUT2D eigenvalue weighted by molar-refractivity contribution is -0.138. The number of rotatable bonds is 3. The number of hydrogen-bond donors (Lipinski definition) is 0. The molecule has 2 aliphatic rings. The van der Waals surface area contributed by atoms with Gasteiger partial charge in [-0.15, -0.1) is 0 Å². The standard InChI is InChI=1S/C20H28O2/c1-14-5-8-18-19(2,3)11-16(21)12-20(18,4)17(14)7-6-15-9-10-22-13-15/h9-10,13,17-18H,1,5-8,11-12H2,2-4H3. The van der Waals surface area contributed by atoms with Crippen LogP contribution in [0.25, 0.3) is 0 Å². The van der Waals surface area contributed by atoms with E-state index >= 15 is 0 Å². The molecule has 0 bridgehead atoms. The van der Waals surface area contributed by atoms with Crippen LogP contribution >= 0.6 is 0 Å². The van der Waals surface area contributed by atoms with Crippen molar-refractivity contribution in [2.75, 3.05) is 0 Å². The molecule has 0 radical (unpaired) electrons. The molecule has 0 saturated heterocycles. The second-order valence-corrected chi connectivity index (χ2v) is 8.36. The van der Waals surface area contributed by atoms with E-state index in [0.717, 1.165) is 32.1 Å². The zero-order valence-electron chi connectivity index (χ0n) is 14.2. The molecule has 1 heterocycles. The van der Waals surface area contributed by atoms with Gasteiger partial charge in [0, 0.05) is 12.8 Å². The Morgan fingerprint density at radius 1 is 1.32 bits per heavy atom. The molecule has 2 fully saturated rings. The topological polar surface area (TPSA) is 30.2 Å². The van der Waals surface area contributed by atoms with Crippen molar-refractivity contribution in [2.24, 2.45) is 22.7 Å². The van der Waals surface area contributed by atoms with Gasteiger partial charge in [0.2, 0.25) is 0 Å². The van der Waals surface area contributed by atoms with Crippen molar-refractivity contribution in [3.8, 4) is 0 Å². The molecule has 0 spiro atoms. The van der Waals surface area contributed by atoms with Crippen LogP contribution in [0, 0.1) is 22.7 Å². The zero-order chi connectivity index (χ0) is 16.0. The highest BCUT2D eigenvalue weighted by atomic mass is 16.3. The van der Waals surface area contributed by atoms with E-state index in [-0.39, 0.29) is 10.8 Å². The van der Waals surface area contributed by atoms with Gasteiger partial charge in [-0.1, -0.05) is 32.9 Å². The van der Waals surface area contributed by atoms with Crippen LogP contribution in [0.1, 0.15) is 58.4 Å². The first-order valence-electron chi connectivity index (χ1n) is 8.53. The minimum Gasteiger partial charge on any atom is -0.472 e. The first-order chi connectivity index (χ1) is 10.3. The normalized spacial score (nSPS) is 34.5. The molecule has 2 saturated carbocycles. The van der Waals surface area contributed by atoms with Crippen LogP contribution < -0.4 is 0 Å². The van der Waals surface area contributed by atoms with E-state index in [2.05, 4.69) is 27.4 Å². The molecule has 3 rings (SSSR count). The van der Waals surface area contributed by atoms with Crippen molar-refractivity contribution in [1.82, 2.24) is 0 Å². The Balaban J connectivity index is 1.86. The Bertz CT molecular complexity index is 567. The zero-order valence-corrected chi connectivity index (χ0v) is 14.2. The molecule has 3 unspecified atom stereocenters. The van der Waals surface area contributed by atoms with E-state index in [1.165, 1.54) is 17.6 Å². The smallest absolute Gasteiger partial charge is 0.134 e. The molecule has 0 aromatic carbocycles. The molecule has 120 valence electrons. The Morgan fingerprint density at radius 3 is 2.77 bits per heavy atom. The highest BCUT2D eigenvalue weighted by Crippen LogP contribution is 2.60. The van der Waals surface area contributed by atoms with Crippen LogP contribution in [-0.2, 0) is 11.2 Å². The summed E-state index contributed by atoms with van der Waals surface area (Å²) in [5, 5.41) is 0. The third-order valence-corrected chi connectivity index (χ3v) is 6.31. The summed E-state index contributed by atoms with van der Waals surface area (Å²) in [6, 6.07) is 2.04. The number of carbonyl (C=O) groups excluding carboxylic acids is 1. The number of allylic oxidation sites excluding steroid dienone is 1. The summed E-state index contributed by atoms with van der Waals surface area (Å²) in [7, 11) is 0. The molecule has 1 aromatic rings. The molecule has 22 heavy (non-hydrogen) atoms. The Morgan fingerprint density at radius 2 is 2.09 bits per heavy atom. The monoisotopic (exact) mass is 300 g/mol. The lowest BCUT2D eigenvalue weighted by Gasteiger charge is -2.57. The quantitative estimate of drug-likeness (QED) is 0.719. The van der Waals surface area contributed by atoms with Crippen LogP contribution in [0.2, 0.25) is 0 Å². The van der Waals surface area contributed by atoms with Gasteiger partial charge in [-0.25, -0.2) is 0 Å². The summed E-state index contributed by atoms with van der Waals surface area (Å²) < 4.78 is 5.19. The third-order valence-electron chi connectivity index (χ3n) is 6.31. The molecule has 1 aromatic heterocycles. The summed E-state index contributed by atoms with van der Waals surface area (Å²) in [5.41, 5.74) is 2.81. The largest absolute Gasteiger partial charge is 0.472 e. The fraction of sp³-hybridized carbons (Fsp3) is 0.650. The van der Waals surface area contributed by atoms with Gasteiger partial charge in [0.25, 0.3) is 0 Å². The van der Waals surface area contributed by atoms with Crippen LogP contribution in [0.3, 0.4) is 0 Å². The van der Waals surface area contributed by atoms with E-state index in [4.69, 9.17) is 4.42 Å². The Kier molecular flexibility index (Phi) is 3.82. The Hall–Kier alpha value is -1.31. The number of carbonyl (C=O) groups is 1. The van der Waals surface area contributed by atoms with Crippen LogP contribution in [0.4, 0.5) is 0 Å². The fourth-order valence-electron chi connectivity index (χ4n) is 5.47. The van der Waals surface area contributed by atoms with Crippen LogP contribution in [-0.4, -0.2) is 5.78 Å². The van der Waals surface area contributed by atoms with Crippen LogP contribution in [0.15, 0.2) is 35.2 Å². The van der Waals surface area contributed by atoms with Gasteiger partial charge in [-0.2, -0.15) is 0 Å². The molecular weight excluding hydrogens is 272 g/mol. The average molecular weight is 300 g/mol. The number of fused-ring (bicyclic) bond motifs is 1. The lowest BCUT2D eigenvalue weighted by Crippen LogP contribution is -2.52. The number of furan rings is 1. The van der Waals surface area contributed by atoms with Gasteiger partial charge in [0.1, 0.15) is 5.78 Å². The molecule has 2 heteroatoms. The van der Waals surface area contributed by atoms with Gasteiger partial charge < -0.3 is 4.42 Å². The van der Waals surface area contributed by atoms with E-state index in [1.54, 1.807) is 6.26 Å². The summed E-state index contributed by atoms with van der Waals surface area (Å²) in [5.74, 6) is 1.51. The predicted octanol–water partition coefficient (Wildman–Crippen LogP) is 5.19. The minimum absolute atomic E-state index is 0.0813. The molecule has 2 aliphatic carbocycles. The van der Waals surface area contributed by atoms with Crippen LogP contribution in [0.5, 0.6) is 0 Å². The number of Topliss-reactive ketones (excluding diaryl/α,β-unsaturated/α-hetero) is 1. The molecule has 0 N–H and O–H groups in total.